The Morgan fingerprint density at radius 3 is 2.58 bits per heavy atom. The zero-order valence-corrected chi connectivity index (χ0v) is 8.04. The van der Waals surface area contributed by atoms with Crippen molar-refractivity contribution in [3.05, 3.63) is 0 Å². The van der Waals surface area contributed by atoms with Crippen molar-refractivity contribution in [3.63, 3.8) is 0 Å². The fraction of sp³-hybridized carbons (Fsp3) is 0.750. The van der Waals surface area contributed by atoms with Gasteiger partial charge in [0.1, 0.15) is 0 Å². The largest absolute Gasteiger partial charge is 0.393 e. The van der Waals surface area contributed by atoms with Gasteiger partial charge in [0.15, 0.2) is 0 Å². The molecule has 1 aliphatic heterocycles. The van der Waals surface area contributed by atoms with Gasteiger partial charge in [-0.15, -0.1) is 0 Å². The summed E-state index contributed by atoms with van der Waals surface area (Å²) in [4.78, 5) is 22.5. The lowest BCUT2D eigenvalue weighted by molar-refractivity contribution is -0.153. The highest BCUT2D eigenvalue weighted by atomic mass is 79.9. The molecule has 12 heavy (non-hydrogen) atoms. The van der Waals surface area contributed by atoms with Crippen LogP contribution in [0.15, 0.2) is 0 Å². The van der Waals surface area contributed by atoms with E-state index in [-0.39, 0.29) is 23.8 Å². The molecule has 4 heteroatoms. The van der Waals surface area contributed by atoms with E-state index in [1.165, 1.54) is 0 Å². The molecule has 0 bridgehead atoms. The smallest absolute Gasteiger partial charge is 0.317 e. The molecule has 1 saturated carbocycles. The van der Waals surface area contributed by atoms with Crippen molar-refractivity contribution in [3.8, 4) is 0 Å². The lowest BCUT2D eigenvalue weighted by atomic mass is 9.81. The number of rotatable bonds is 0. The van der Waals surface area contributed by atoms with Crippen LogP contribution in [0.1, 0.15) is 19.3 Å². The molecular weight excluding hydrogens is 224 g/mol. The van der Waals surface area contributed by atoms with Crippen LogP contribution in [0.5, 0.6) is 0 Å². The lowest BCUT2D eigenvalue weighted by Crippen LogP contribution is -2.26. The second kappa shape index (κ2) is 2.83. The zero-order chi connectivity index (χ0) is 8.72. The molecule has 3 atom stereocenters. The maximum Gasteiger partial charge on any atom is 0.317 e. The number of hydrogen-bond acceptors (Lipinski definition) is 3. The number of hydrogen-bond donors (Lipinski definition) is 0. The van der Waals surface area contributed by atoms with Crippen molar-refractivity contribution in [1.82, 2.24) is 0 Å². The van der Waals surface area contributed by atoms with Crippen molar-refractivity contribution in [2.45, 2.75) is 24.1 Å². The molecule has 2 rings (SSSR count). The number of cyclic esters (lactones) is 2. The van der Waals surface area contributed by atoms with E-state index < -0.39 is 0 Å². The zero-order valence-electron chi connectivity index (χ0n) is 6.46. The molecule has 0 spiro atoms. The van der Waals surface area contributed by atoms with Gasteiger partial charge in [-0.05, 0) is 19.3 Å². The third kappa shape index (κ3) is 1.18. The molecule has 3 unspecified atom stereocenters. The minimum Gasteiger partial charge on any atom is -0.393 e. The molecule has 0 radical (unpaired) electrons. The Morgan fingerprint density at radius 2 is 1.83 bits per heavy atom. The van der Waals surface area contributed by atoms with Gasteiger partial charge in [0.05, 0.1) is 11.8 Å². The maximum absolute atomic E-state index is 11.1. The van der Waals surface area contributed by atoms with Crippen LogP contribution in [-0.4, -0.2) is 16.8 Å². The molecule has 0 aromatic heterocycles. The Bertz CT molecular complexity index is 238. The van der Waals surface area contributed by atoms with Crippen molar-refractivity contribution in [2.24, 2.45) is 11.8 Å². The van der Waals surface area contributed by atoms with Gasteiger partial charge in [-0.25, -0.2) is 0 Å². The summed E-state index contributed by atoms with van der Waals surface area (Å²) in [6.07, 6.45) is 2.49. The quantitative estimate of drug-likeness (QED) is 0.359. The fourth-order valence-electron chi connectivity index (χ4n) is 1.91. The van der Waals surface area contributed by atoms with Crippen LogP contribution in [-0.2, 0) is 14.3 Å². The van der Waals surface area contributed by atoms with Gasteiger partial charge in [0.2, 0.25) is 0 Å². The summed E-state index contributed by atoms with van der Waals surface area (Å²) in [7, 11) is 0. The predicted octanol–water partition coefficient (Wildman–Crippen LogP) is 1.25. The SMILES string of the molecule is O=C1OC(=O)C2CC(Br)CCC12. The van der Waals surface area contributed by atoms with Crippen LogP contribution in [0.3, 0.4) is 0 Å². The van der Waals surface area contributed by atoms with Gasteiger partial charge in [0, 0.05) is 4.83 Å². The summed E-state index contributed by atoms with van der Waals surface area (Å²) in [5, 5.41) is 0. The first-order chi connectivity index (χ1) is 5.68. The van der Waals surface area contributed by atoms with Crippen LogP contribution < -0.4 is 0 Å². The molecule has 66 valence electrons. The lowest BCUT2D eigenvalue weighted by Gasteiger charge is -2.23. The van der Waals surface area contributed by atoms with Crippen LogP contribution in [0.2, 0.25) is 0 Å². The summed E-state index contributed by atoms with van der Waals surface area (Å²) in [5.74, 6) is -0.958. The number of carbonyl (C=O) groups is 2. The summed E-state index contributed by atoms with van der Waals surface area (Å²) in [6, 6.07) is 0. The van der Waals surface area contributed by atoms with E-state index in [4.69, 9.17) is 0 Å². The first-order valence-corrected chi connectivity index (χ1v) is 4.99. The van der Waals surface area contributed by atoms with Gasteiger partial charge in [0.25, 0.3) is 0 Å². The van der Waals surface area contributed by atoms with E-state index in [0.717, 1.165) is 19.3 Å². The minimum absolute atomic E-state index is 0.147. The van der Waals surface area contributed by atoms with E-state index in [1.807, 2.05) is 0 Å². The highest BCUT2D eigenvalue weighted by Gasteiger charge is 2.46. The number of fused-ring (bicyclic) bond motifs is 1. The average molecular weight is 233 g/mol. The molecule has 0 aromatic carbocycles. The van der Waals surface area contributed by atoms with Gasteiger partial charge >= 0.3 is 11.9 Å². The Hall–Kier alpha value is -0.380. The van der Waals surface area contributed by atoms with E-state index in [9.17, 15) is 9.59 Å². The number of ether oxygens (including phenoxy) is 1. The molecule has 1 saturated heterocycles. The molecule has 2 aliphatic rings. The van der Waals surface area contributed by atoms with Crippen molar-refractivity contribution < 1.29 is 14.3 Å². The number of halogens is 1. The van der Waals surface area contributed by atoms with Gasteiger partial charge in [-0.1, -0.05) is 15.9 Å². The van der Waals surface area contributed by atoms with Crippen molar-refractivity contribution in [1.29, 1.82) is 0 Å². The monoisotopic (exact) mass is 232 g/mol. The second-order valence-corrected chi connectivity index (χ2v) is 4.66. The molecule has 0 N–H and O–H groups in total. The maximum atomic E-state index is 11.1. The predicted molar refractivity (Wildman–Crippen MR) is 44.6 cm³/mol. The number of carbonyl (C=O) groups excluding carboxylic acids is 2. The highest BCUT2D eigenvalue weighted by molar-refractivity contribution is 9.09. The highest BCUT2D eigenvalue weighted by Crippen LogP contribution is 2.38. The Balaban J connectivity index is 2.17. The van der Waals surface area contributed by atoms with Crippen molar-refractivity contribution >= 4 is 27.9 Å². The number of alkyl halides is 1. The Labute approximate surface area is 78.6 Å². The topological polar surface area (TPSA) is 43.4 Å². The van der Waals surface area contributed by atoms with Crippen LogP contribution in [0.4, 0.5) is 0 Å². The molecule has 1 aliphatic carbocycles. The summed E-state index contributed by atoms with van der Waals surface area (Å²) in [6.45, 7) is 0. The summed E-state index contributed by atoms with van der Waals surface area (Å²) >= 11 is 3.45. The summed E-state index contributed by atoms with van der Waals surface area (Å²) < 4.78 is 4.56. The molecular formula is C8H9BrO3. The fourth-order valence-corrected chi connectivity index (χ4v) is 2.58. The third-order valence-electron chi connectivity index (χ3n) is 2.59. The van der Waals surface area contributed by atoms with E-state index in [2.05, 4.69) is 20.7 Å². The molecule has 3 nitrogen and oxygen atoms in total. The Kier molecular flexibility index (Phi) is 1.94. The van der Waals surface area contributed by atoms with Gasteiger partial charge < -0.3 is 4.74 Å². The first kappa shape index (κ1) is 8.23. The standard InChI is InChI=1S/C8H9BrO3/c9-4-1-2-5-6(3-4)8(11)12-7(5)10/h4-6H,1-3H2. The molecule has 0 amide bonds. The molecule has 1 heterocycles. The normalized spacial score (nSPS) is 40.9. The van der Waals surface area contributed by atoms with Gasteiger partial charge in [-0.2, -0.15) is 0 Å². The van der Waals surface area contributed by atoms with Crippen molar-refractivity contribution in [2.75, 3.05) is 0 Å². The molecule has 0 aromatic rings. The number of esters is 2. The average Bonchev–Trinajstić information content (AvgIpc) is 2.28. The second-order valence-electron chi connectivity index (χ2n) is 3.36. The van der Waals surface area contributed by atoms with Crippen LogP contribution in [0.25, 0.3) is 0 Å². The Morgan fingerprint density at radius 1 is 1.17 bits per heavy atom. The van der Waals surface area contributed by atoms with E-state index in [1.54, 1.807) is 0 Å². The van der Waals surface area contributed by atoms with E-state index in [0.29, 0.717) is 4.83 Å². The van der Waals surface area contributed by atoms with Gasteiger partial charge in [-0.3, -0.25) is 9.59 Å². The third-order valence-corrected chi connectivity index (χ3v) is 3.42. The van der Waals surface area contributed by atoms with Crippen LogP contribution >= 0.6 is 15.9 Å². The summed E-state index contributed by atoms with van der Waals surface area (Å²) in [5.41, 5.74) is 0. The van der Waals surface area contributed by atoms with Crippen LogP contribution in [0, 0.1) is 11.8 Å². The minimum atomic E-state index is -0.325. The molecule has 2 fully saturated rings. The van der Waals surface area contributed by atoms with E-state index >= 15 is 0 Å². The first-order valence-electron chi connectivity index (χ1n) is 4.08.